The molecule has 0 amide bonds. The van der Waals surface area contributed by atoms with E-state index in [0.29, 0.717) is 33.5 Å². The van der Waals surface area contributed by atoms with Gasteiger partial charge in [0.25, 0.3) is 0 Å². The Bertz CT molecular complexity index is 3910. The van der Waals surface area contributed by atoms with Crippen LogP contribution in [0.15, 0.2) is 146 Å². The number of halogens is 1. The summed E-state index contributed by atoms with van der Waals surface area (Å²) in [6, 6.07) is 37.4. The number of esters is 2. The van der Waals surface area contributed by atoms with Gasteiger partial charge in [0.15, 0.2) is 22.9 Å². The summed E-state index contributed by atoms with van der Waals surface area (Å²) in [6.07, 6.45) is -1.78. The molecule has 4 aromatic heterocycles. The number of carbonyl (C=O) groups is 2. The van der Waals surface area contributed by atoms with Gasteiger partial charge in [-0.05, 0) is 67.1 Å². The Morgan fingerprint density at radius 2 is 1.10 bits per heavy atom. The zero-order chi connectivity index (χ0) is 60.5. The molecule has 10 atom stereocenters. The molecule has 2 aliphatic rings. The van der Waals surface area contributed by atoms with Crippen molar-refractivity contribution in [3.8, 4) is 11.5 Å². The van der Waals surface area contributed by atoms with E-state index in [1.807, 2.05) is 91.0 Å². The fraction of sp³-hybridized carbons (Fsp3) is 0.298. The molecule has 26 nitrogen and oxygen atoms in total. The van der Waals surface area contributed by atoms with Crippen molar-refractivity contribution >= 4 is 83.8 Å². The number of nitrogens with one attached hydrogen (secondary N) is 2. The lowest BCUT2D eigenvalue weighted by Gasteiger charge is -2.25. The molecule has 0 aliphatic carbocycles. The summed E-state index contributed by atoms with van der Waals surface area (Å²) in [5.41, 5.74) is 15.1. The van der Waals surface area contributed by atoms with E-state index in [2.05, 4.69) is 40.1 Å². The van der Waals surface area contributed by atoms with Gasteiger partial charge in [0.05, 0.1) is 38.1 Å². The maximum atomic E-state index is 14.3. The molecule has 5 aromatic carbocycles. The quantitative estimate of drug-likeness (QED) is 0.0212. The molecule has 450 valence electrons. The number of aliphatic hydroxyl groups excluding tert-OH is 2. The molecule has 0 radical (unpaired) electrons. The molecular formula is C57H61ClN12O14P2. The number of nitrogen functional groups attached to an aromatic ring is 2. The van der Waals surface area contributed by atoms with E-state index in [0.717, 1.165) is 16.5 Å². The monoisotopic (exact) mass is 1230 g/mol. The molecule has 8 N–H and O–H groups in total. The van der Waals surface area contributed by atoms with E-state index in [9.17, 15) is 28.9 Å². The maximum absolute atomic E-state index is 14.3. The van der Waals surface area contributed by atoms with Gasteiger partial charge in [0, 0.05) is 18.2 Å². The standard InChI is InChI=1S/C31H33N6O7P.C26H28ClN6O7P/c1-19(31(39)41-16-21-9-4-3-5-10-21)36-45(40,44-25-14-8-12-22-11-6-7-13-23(22)25)42-17-26-24(38)15-27(43-26)37-18-33-28-29(32)34-20(2)35-30(28)37;1-16(25(35)37-13-17-8-4-2-5-9-17)32-41(36,40-18-10-6-3-7-11-18)38-14-20-19(34)12-21(39-20)33-15-29-22-23(28)30-26(27)31-24(22)33/h3-14,18-19,24,26-27,38H,15-17H2,1-2H3,(H,36,40)(H2,32,34,35);2-11,15-16,19-21,34H,12-14H2,1H3,(H,32,36)(H2,28,30,31)/t19-,24?,26+,27+,45?;16-,19?,20+,21+,41?/m00/s1. The Kier molecular flexibility index (Phi) is 19.3. The van der Waals surface area contributed by atoms with Gasteiger partial charge in [0.2, 0.25) is 5.28 Å². The Labute approximate surface area is 497 Å². The van der Waals surface area contributed by atoms with Gasteiger partial charge in [-0.15, -0.1) is 0 Å². The molecule has 86 heavy (non-hydrogen) atoms. The number of ether oxygens (including phenoxy) is 4. The average Bonchev–Trinajstić information content (AvgIpc) is 2.03. The summed E-state index contributed by atoms with van der Waals surface area (Å²) in [5.74, 6) is 0.0510. The number of aryl methyl sites for hydroxylation is 1. The smallest absolute Gasteiger partial charge is 0.459 e. The largest absolute Gasteiger partial charge is 0.460 e. The highest BCUT2D eigenvalue weighted by atomic mass is 35.5. The lowest BCUT2D eigenvalue weighted by Crippen LogP contribution is -2.36. The summed E-state index contributed by atoms with van der Waals surface area (Å²) < 4.78 is 77.5. The van der Waals surface area contributed by atoms with Crippen LogP contribution >= 0.6 is 27.1 Å². The number of anilines is 2. The minimum absolute atomic E-state index is 0.0452. The van der Waals surface area contributed by atoms with Gasteiger partial charge in [0.1, 0.15) is 78.3 Å². The van der Waals surface area contributed by atoms with E-state index < -0.39 is 76.4 Å². The highest BCUT2D eigenvalue weighted by Gasteiger charge is 2.42. The number of hydrogen-bond donors (Lipinski definition) is 6. The zero-order valence-electron chi connectivity index (χ0n) is 46.5. The molecule has 29 heteroatoms. The molecular weight excluding hydrogens is 1170 g/mol. The number of benzene rings is 5. The van der Waals surface area contributed by atoms with Crippen LogP contribution in [0.4, 0.5) is 11.6 Å². The molecule has 9 aromatic rings. The van der Waals surface area contributed by atoms with Crippen LogP contribution < -0.4 is 30.7 Å². The van der Waals surface area contributed by atoms with Crippen LogP contribution in [0.5, 0.6) is 11.5 Å². The predicted molar refractivity (Wildman–Crippen MR) is 315 cm³/mol. The third-order valence-electron chi connectivity index (χ3n) is 13.6. The van der Waals surface area contributed by atoms with Gasteiger partial charge in [-0.25, -0.2) is 29.1 Å². The Morgan fingerprint density at radius 3 is 1.65 bits per heavy atom. The molecule has 2 aliphatic heterocycles. The minimum atomic E-state index is -4.26. The van der Waals surface area contributed by atoms with Crippen molar-refractivity contribution in [1.82, 2.24) is 49.2 Å². The van der Waals surface area contributed by atoms with Crippen molar-refractivity contribution in [2.75, 3.05) is 24.7 Å². The first kappa shape index (κ1) is 61.1. The van der Waals surface area contributed by atoms with E-state index in [1.54, 1.807) is 58.5 Å². The minimum Gasteiger partial charge on any atom is -0.460 e. The fourth-order valence-corrected chi connectivity index (χ4v) is 12.5. The molecule has 2 fully saturated rings. The number of fused-ring (bicyclic) bond motifs is 3. The van der Waals surface area contributed by atoms with Crippen LogP contribution in [0.3, 0.4) is 0 Å². The summed E-state index contributed by atoms with van der Waals surface area (Å²) in [7, 11) is -8.43. The Hall–Kier alpha value is -7.97. The van der Waals surface area contributed by atoms with Crippen LogP contribution in [0, 0.1) is 6.92 Å². The van der Waals surface area contributed by atoms with Crippen molar-refractivity contribution in [3.63, 3.8) is 0 Å². The van der Waals surface area contributed by atoms with Gasteiger partial charge in [-0.2, -0.15) is 20.1 Å². The van der Waals surface area contributed by atoms with Crippen LogP contribution in [0.25, 0.3) is 33.1 Å². The van der Waals surface area contributed by atoms with Crippen LogP contribution in [-0.2, 0) is 59.9 Å². The number of rotatable bonds is 22. The molecule has 0 saturated carbocycles. The zero-order valence-corrected chi connectivity index (χ0v) is 49.1. The molecule has 6 heterocycles. The number of nitrogens with two attached hydrogens (primary N) is 2. The second-order valence-electron chi connectivity index (χ2n) is 20.0. The Morgan fingerprint density at radius 1 is 0.640 bits per heavy atom. The van der Waals surface area contributed by atoms with E-state index >= 15 is 0 Å². The van der Waals surface area contributed by atoms with E-state index in [-0.39, 0.29) is 67.7 Å². The fourth-order valence-electron chi connectivity index (χ4n) is 9.29. The molecule has 11 rings (SSSR count). The summed E-state index contributed by atoms with van der Waals surface area (Å²) in [5, 5.41) is 28.5. The van der Waals surface area contributed by atoms with E-state index in [1.165, 1.54) is 26.5 Å². The van der Waals surface area contributed by atoms with Crippen LogP contribution in [0.1, 0.15) is 56.1 Å². The topological polar surface area (TPSA) is 346 Å². The highest BCUT2D eigenvalue weighted by Crippen LogP contribution is 2.49. The highest BCUT2D eigenvalue weighted by molar-refractivity contribution is 7.52. The van der Waals surface area contributed by atoms with Gasteiger partial charge >= 0.3 is 27.4 Å². The number of para-hydroxylation sites is 1. The number of nitrogens with zero attached hydrogens (tertiary/aromatic N) is 8. The summed E-state index contributed by atoms with van der Waals surface area (Å²) in [4.78, 5) is 50.7. The number of aromatic nitrogens is 8. The molecule has 4 unspecified atom stereocenters. The third kappa shape index (κ3) is 15.0. The van der Waals surface area contributed by atoms with Crippen molar-refractivity contribution in [2.24, 2.45) is 0 Å². The molecule has 0 bridgehead atoms. The lowest BCUT2D eigenvalue weighted by atomic mass is 10.1. The number of hydrogen-bond acceptors (Lipinski definition) is 22. The third-order valence-corrected chi connectivity index (χ3v) is 17.1. The van der Waals surface area contributed by atoms with Crippen LogP contribution in [-0.4, -0.2) is 111 Å². The number of aliphatic hydroxyl groups is 2. The number of carbonyl (C=O) groups excluding carboxylic acids is 2. The van der Waals surface area contributed by atoms with Crippen molar-refractivity contribution in [1.29, 1.82) is 0 Å². The predicted octanol–water partition coefficient (Wildman–Crippen LogP) is 8.08. The van der Waals surface area contributed by atoms with Crippen LogP contribution in [0.2, 0.25) is 5.28 Å². The average molecular weight is 1240 g/mol. The van der Waals surface area contributed by atoms with Crippen molar-refractivity contribution in [3.05, 3.63) is 168 Å². The summed E-state index contributed by atoms with van der Waals surface area (Å²) in [6.45, 7) is 4.15. The van der Waals surface area contributed by atoms with Gasteiger partial charge in [-0.3, -0.25) is 27.8 Å². The normalized spacial score (nSPS) is 20.5. The lowest BCUT2D eigenvalue weighted by molar-refractivity contribution is -0.147. The SMILES string of the molecule is C[C@H](NP(=O)(OC[C@H]1O[C@@H](n2cnc3c(N)nc(Cl)nc32)CC1O)Oc1ccccc1)C(=O)OCc1ccccc1.Cc1nc(N)c2ncn([C@H]3CC(O)[C@@H](COP(=O)(N[C@@H](C)C(=O)OCc4ccccc4)Oc4cccc5ccccc45)O3)c2n1. The van der Waals surface area contributed by atoms with E-state index in [4.69, 9.17) is 60.1 Å². The first-order valence-electron chi connectivity index (χ1n) is 27.1. The van der Waals surface area contributed by atoms with Crippen molar-refractivity contribution in [2.45, 2.75) is 95.8 Å². The summed E-state index contributed by atoms with van der Waals surface area (Å²) >= 11 is 5.96. The second kappa shape index (κ2) is 27.2. The molecule has 0 spiro atoms. The van der Waals surface area contributed by atoms with Crippen molar-refractivity contribution < 1.29 is 66.0 Å². The first-order chi connectivity index (χ1) is 41.4. The second-order valence-corrected chi connectivity index (χ2v) is 23.7. The molecule has 2 saturated heterocycles. The van der Waals surface area contributed by atoms with Gasteiger partial charge in [-0.1, -0.05) is 115 Å². The Balaban J connectivity index is 0.000000192. The van der Waals surface area contributed by atoms with Gasteiger partial charge < -0.3 is 49.7 Å². The first-order valence-corrected chi connectivity index (χ1v) is 30.5. The maximum Gasteiger partial charge on any atom is 0.459 e. The number of imidazole rings is 2.